The largest absolute Gasteiger partial charge is 0.361 e. The van der Waals surface area contributed by atoms with Crippen LogP contribution in [0.3, 0.4) is 0 Å². The zero-order valence-corrected chi connectivity index (χ0v) is 12.5. The molecule has 21 heavy (non-hydrogen) atoms. The number of hydrogen-bond donors (Lipinski definition) is 0. The lowest BCUT2D eigenvalue weighted by Crippen LogP contribution is -2.19. The van der Waals surface area contributed by atoms with Gasteiger partial charge in [-0.3, -0.25) is 4.90 Å². The lowest BCUT2D eigenvalue weighted by molar-refractivity contribution is 0.295. The number of aryl methyl sites for hydroxylation is 2. The van der Waals surface area contributed by atoms with Crippen molar-refractivity contribution in [3.8, 4) is 0 Å². The van der Waals surface area contributed by atoms with Crippen molar-refractivity contribution in [2.75, 3.05) is 7.05 Å². The van der Waals surface area contributed by atoms with Crippen molar-refractivity contribution in [2.24, 2.45) is 0 Å². The number of rotatable bonds is 4. The molecule has 0 spiro atoms. The third-order valence-electron chi connectivity index (χ3n) is 3.36. The molecule has 2 aromatic heterocycles. The molecule has 0 fully saturated rings. The van der Waals surface area contributed by atoms with Gasteiger partial charge in [0.15, 0.2) is 0 Å². The molecule has 5 heteroatoms. The number of nitrogens with zero attached hydrogens (tertiary/aromatic N) is 4. The van der Waals surface area contributed by atoms with E-state index in [1.54, 1.807) is 0 Å². The van der Waals surface area contributed by atoms with Gasteiger partial charge >= 0.3 is 0 Å². The predicted molar refractivity (Wildman–Crippen MR) is 80.7 cm³/mol. The highest BCUT2D eigenvalue weighted by atomic mass is 16.5. The van der Waals surface area contributed by atoms with Crippen LogP contribution in [0.15, 0.2) is 34.9 Å². The van der Waals surface area contributed by atoms with Crippen molar-refractivity contribution in [3.63, 3.8) is 0 Å². The third-order valence-corrected chi connectivity index (χ3v) is 3.36. The van der Waals surface area contributed by atoms with Crippen molar-refractivity contribution in [1.82, 2.24) is 20.0 Å². The summed E-state index contributed by atoms with van der Waals surface area (Å²) in [6, 6.07) is 10.0. The smallest absolute Gasteiger partial charge is 0.143 e. The first-order chi connectivity index (χ1) is 10.1. The molecule has 1 aromatic carbocycles. The lowest BCUT2D eigenvalue weighted by Gasteiger charge is -2.14. The second kappa shape index (κ2) is 5.61. The molecular formula is C16H18N4O. The molecule has 0 N–H and O–H groups in total. The summed E-state index contributed by atoms with van der Waals surface area (Å²) in [6.45, 7) is 5.31. The average molecular weight is 282 g/mol. The van der Waals surface area contributed by atoms with E-state index in [9.17, 15) is 0 Å². The molecule has 0 bridgehead atoms. The Labute approximate surface area is 123 Å². The summed E-state index contributed by atoms with van der Waals surface area (Å²) in [7, 11) is 2.03. The van der Waals surface area contributed by atoms with Crippen LogP contribution in [0.2, 0.25) is 0 Å². The Hall–Kier alpha value is -2.27. The third kappa shape index (κ3) is 3.08. The van der Waals surface area contributed by atoms with Gasteiger partial charge in [-0.2, -0.15) is 0 Å². The normalized spacial score (nSPS) is 11.4. The molecule has 2 heterocycles. The first-order valence-electron chi connectivity index (χ1n) is 6.95. The molecule has 0 aliphatic rings. The van der Waals surface area contributed by atoms with Gasteiger partial charge in [0.25, 0.3) is 0 Å². The Morgan fingerprint density at radius 3 is 2.67 bits per heavy atom. The highest BCUT2D eigenvalue weighted by Crippen LogP contribution is 2.15. The first-order valence-corrected chi connectivity index (χ1v) is 6.95. The maximum atomic E-state index is 5.08. The molecule has 0 unspecified atom stereocenters. The molecule has 0 aliphatic heterocycles. The van der Waals surface area contributed by atoms with Crippen LogP contribution in [0.25, 0.3) is 10.9 Å². The van der Waals surface area contributed by atoms with Gasteiger partial charge in [0.1, 0.15) is 11.6 Å². The van der Waals surface area contributed by atoms with Gasteiger partial charge in [0.05, 0.1) is 17.8 Å². The minimum Gasteiger partial charge on any atom is -0.361 e. The maximum Gasteiger partial charge on any atom is 0.143 e. The van der Waals surface area contributed by atoms with Gasteiger partial charge in [-0.05, 0) is 27.0 Å². The van der Waals surface area contributed by atoms with Crippen molar-refractivity contribution in [3.05, 3.63) is 53.3 Å². The van der Waals surface area contributed by atoms with Gasteiger partial charge in [-0.15, -0.1) is 0 Å². The first kappa shape index (κ1) is 13.7. The average Bonchev–Trinajstić information content (AvgIpc) is 2.84. The zero-order chi connectivity index (χ0) is 14.8. The Morgan fingerprint density at radius 1 is 1.10 bits per heavy atom. The summed E-state index contributed by atoms with van der Waals surface area (Å²) in [5, 5.41) is 5.11. The van der Waals surface area contributed by atoms with Crippen LogP contribution in [-0.4, -0.2) is 27.1 Å². The van der Waals surface area contributed by atoms with Gasteiger partial charge in [0.2, 0.25) is 0 Å². The molecule has 0 saturated carbocycles. The number of fused-ring (bicyclic) bond motifs is 1. The van der Waals surface area contributed by atoms with Crippen molar-refractivity contribution in [2.45, 2.75) is 26.9 Å². The molecule has 3 rings (SSSR count). The van der Waals surface area contributed by atoms with Crippen molar-refractivity contribution >= 4 is 10.9 Å². The molecule has 3 aromatic rings. The number of para-hydroxylation sites is 1. The van der Waals surface area contributed by atoms with Crippen LogP contribution in [0.5, 0.6) is 0 Å². The van der Waals surface area contributed by atoms with Crippen LogP contribution in [0, 0.1) is 13.8 Å². The molecule has 0 amide bonds. The number of hydrogen-bond acceptors (Lipinski definition) is 5. The molecular weight excluding hydrogens is 264 g/mol. The second-order valence-corrected chi connectivity index (χ2v) is 5.34. The van der Waals surface area contributed by atoms with Gasteiger partial charge in [-0.1, -0.05) is 23.4 Å². The lowest BCUT2D eigenvalue weighted by atomic mass is 10.2. The summed E-state index contributed by atoms with van der Waals surface area (Å²) in [6.07, 6.45) is 0. The minimum atomic E-state index is 0.678. The monoisotopic (exact) mass is 282 g/mol. The fraction of sp³-hybridized carbons (Fsp3) is 0.312. The Balaban J connectivity index is 1.78. The Kier molecular flexibility index (Phi) is 3.66. The van der Waals surface area contributed by atoms with E-state index in [1.807, 2.05) is 45.2 Å². The van der Waals surface area contributed by atoms with E-state index in [2.05, 4.69) is 26.1 Å². The van der Waals surface area contributed by atoms with Crippen LogP contribution in [0.1, 0.15) is 23.0 Å². The highest BCUT2D eigenvalue weighted by molar-refractivity contribution is 5.80. The van der Waals surface area contributed by atoms with E-state index < -0.39 is 0 Å². The van der Waals surface area contributed by atoms with E-state index in [0.717, 1.165) is 33.9 Å². The fourth-order valence-corrected chi connectivity index (χ4v) is 2.43. The Bertz CT molecular complexity index is 766. The summed E-state index contributed by atoms with van der Waals surface area (Å²) >= 11 is 0. The molecule has 0 radical (unpaired) electrons. The van der Waals surface area contributed by atoms with E-state index in [4.69, 9.17) is 4.52 Å². The highest BCUT2D eigenvalue weighted by Gasteiger charge is 2.09. The predicted octanol–water partition coefficient (Wildman–Crippen LogP) is 2.87. The summed E-state index contributed by atoms with van der Waals surface area (Å²) in [4.78, 5) is 11.3. The summed E-state index contributed by atoms with van der Waals surface area (Å²) < 4.78 is 5.08. The second-order valence-electron chi connectivity index (χ2n) is 5.34. The molecule has 0 saturated heterocycles. The SMILES string of the molecule is Cc1cc(CN(C)Cc2nc(C)c3ccccc3n2)no1. The van der Waals surface area contributed by atoms with Crippen LogP contribution < -0.4 is 0 Å². The van der Waals surface area contributed by atoms with E-state index >= 15 is 0 Å². The van der Waals surface area contributed by atoms with Crippen LogP contribution >= 0.6 is 0 Å². The molecule has 5 nitrogen and oxygen atoms in total. The molecule has 0 aliphatic carbocycles. The summed E-state index contributed by atoms with van der Waals surface area (Å²) in [5.74, 6) is 1.66. The molecule has 0 atom stereocenters. The zero-order valence-electron chi connectivity index (χ0n) is 12.5. The van der Waals surface area contributed by atoms with Gasteiger partial charge < -0.3 is 4.52 Å². The van der Waals surface area contributed by atoms with E-state index in [0.29, 0.717) is 13.1 Å². The Morgan fingerprint density at radius 2 is 1.90 bits per heavy atom. The van der Waals surface area contributed by atoms with E-state index in [-0.39, 0.29) is 0 Å². The van der Waals surface area contributed by atoms with Crippen molar-refractivity contribution in [1.29, 1.82) is 0 Å². The standard InChI is InChI=1S/C16H18N4O/c1-11-8-13(19-21-11)9-20(3)10-16-17-12(2)14-6-4-5-7-15(14)18-16/h4-8H,9-10H2,1-3H3. The van der Waals surface area contributed by atoms with Crippen LogP contribution in [-0.2, 0) is 13.1 Å². The van der Waals surface area contributed by atoms with Gasteiger partial charge in [0, 0.05) is 23.7 Å². The van der Waals surface area contributed by atoms with Crippen LogP contribution in [0.4, 0.5) is 0 Å². The van der Waals surface area contributed by atoms with Gasteiger partial charge in [-0.25, -0.2) is 9.97 Å². The fourth-order valence-electron chi connectivity index (χ4n) is 2.43. The number of benzene rings is 1. The van der Waals surface area contributed by atoms with E-state index in [1.165, 1.54) is 0 Å². The number of aromatic nitrogens is 3. The van der Waals surface area contributed by atoms with Crippen molar-refractivity contribution < 1.29 is 4.52 Å². The molecule has 108 valence electrons. The topological polar surface area (TPSA) is 55.1 Å². The maximum absolute atomic E-state index is 5.08. The minimum absolute atomic E-state index is 0.678. The quantitative estimate of drug-likeness (QED) is 0.736. The summed E-state index contributed by atoms with van der Waals surface area (Å²) in [5.41, 5.74) is 2.93.